The summed E-state index contributed by atoms with van der Waals surface area (Å²) in [5, 5.41) is 102. The standard InChI is InChI=1S/C11H12N2O2.C9H11NO2.C6H14N4O2.C6H9N3O2.C6H14N2O2.2C6H13NO2.C5H11NO2S.C5H11NO2.C4H9NO3/c12-9(11(14)15)5-7-6-13-10-4-2-1-3-8(7)10;10-8(9(11)12)6-7-4-2-1-3-5-7;7-4(5(11)12)2-1-3-10-6(8)9;7-5(6(10)11)1-4-2-8-3-9-4;7-4-2-1-3-5(8)6(9)10;1-4(2)3-5(7)6(8)9;1-3-4(2)5(7)6(8)9;1-9-3-2-4(6)5(7)8;1-3(2)4(6)5(7)8;1-2(6)3(5)4(7)8/h1-4,6,9,13H,5,12H2,(H,14,15);1-5,8H,6,10H2,(H,11,12);4H,1-3,7H2,(H,11,12)(H4,8,9,10);2-3,5H,1,7H2,(H,8,9)(H,10,11);5H,1-4,7-8H2,(H,9,10);2*4-5H,3,7H2,1-2H3,(H,8,9);4H,2-3,6H2,1H3,(H,7,8);3-4H,6H2,1-2H3,(H,7,8);2-3,6H,5H2,1H3,(H,7,8)/t9-;8-;4-;3*5-;4-,5-;2*4-;2-,3+/m0000000001/s1. The maximum Gasteiger partial charge on any atom is 0.323 e. The number of rotatable bonds is 33. The largest absolute Gasteiger partial charge is 0.480 e. The third-order valence-electron chi connectivity index (χ3n) is 13.3. The van der Waals surface area contributed by atoms with E-state index in [4.69, 9.17) is 130 Å². The molecule has 39 heteroatoms. The molecule has 2 aromatic carbocycles. The molecule has 0 spiro atoms. The average Bonchev–Trinajstić information content (AvgIpc) is 1.69. The Bertz CT molecular complexity index is 2950. The van der Waals surface area contributed by atoms with Crippen LogP contribution in [0.5, 0.6) is 0 Å². The normalized spacial score (nSPS) is 13.6. The van der Waals surface area contributed by atoms with Gasteiger partial charge in [0.25, 0.3) is 0 Å². The predicted molar refractivity (Wildman–Crippen MR) is 391 cm³/mol. The monoisotopic (exact) mass is 1490 g/mol. The van der Waals surface area contributed by atoms with Crippen molar-refractivity contribution in [3.8, 4) is 0 Å². The Kier molecular flexibility index (Phi) is 64.0. The van der Waals surface area contributed by atoms with E-state index in [2.05, 4.69) is 20.3 Å². The third-order valence-corrected chi connectivity index (χ3v) is 13.9. The number of imidazole rings is 1. The first-order valence-corrected chi connectivity index (χ1v) is 33.5. The number of unbranched alkanes of at least 4 members (excludes halogenated alkanes) is 1. The molecule has 0 aliphatic rings. The molecule has 12 atom stereocenters. The number of aliphatic hydroxyl groups excluding tert-OH is 1. The van der Waals surface area contributed by atoms with Crippen LogP contribution in [0.25, 0.3) is 10.9 Å². The van der Waals surface area contributed by atoms with Gasteiger partial charge in [-0.2, -0.15) is 11.8 Å². The van der Waals surface area contributed by atoms with Gasteiger partial charge in [-0.05, 0) is 105 Å². The van der Waals surface area contributed by atoms with Crippen LogP contribution in [0.3, 0.4) is 0 Å². The van der Waals surface area contributed by atoms with Crippen molar-refractivity contribution in [2.24, 2.45) is 86.6 Å². The van der Waals surface area contributed by atoms with Crippen LogP contribution < -0.4 is 74.1 Å². The molecule has 0 aliphatic carbocycles. The van der Waals surface area contributed by atoms with Crippen molar-refractivity contribution in [1.82, 2.24) is 20.3 Å². The second-order valence-corrected chi connectivity index (χ2v) is 24.3. The summed E-state index contributed by atoms with van der Waals surface area (Å²) in [6, 6.07) is 9.12. The number of guanidine groups is 1. The Morgan fingerprint density at radius 1 is 0.524 bits per heavy atom. The molecule has 0 radical (unpaired) electrons. The lowest BCUT2D eigenvalue weighted by Gasteiger charge is -2.11. The van der Waals surface area contributed by atoms with Crippen LogP contribution in [0.4, 0.5) is 0 Å². The summed E-state index contributed by atoms with van der Waals surface area (Å²) in [4.78, 5) is 111. The fourth-order valence-corrected chi connectivity index (χ4v) is 7.05. The van der Waals surface area contributed by atoms with Gasteiger partial charge in [0.2, 0.25) is 0 Å². The van der Waals surface area contributed by atoms with Crippen molar-refractivity contribution in [3.63, 3.8) is 0 Å². The molecule has 0 unspecified atom stereocenters. The van der Waals surface area contributed by atoms with E-state index in [1.54, 1.807) is 31.8 Å². The average molecular weight is 1490 g/mol. The molecule has 590 valence electrons. The molecule has 39 N–H and O–H groups in total. The number of fused-ring (bicyclic) bond motifs is 1. The quantitative estimate of drug-likeness (QED) is 0.0158. The number of nitrogens with two attached hydrogens (primary N) is 12. The van der Waals surface area contributed by atoms with Crippen molar-refractivity contribution < 1.29 is 104 Å². The van der Waals surface area contributed by atoms with E-state index in [-0.39, 0.29) is 24.2 Å². The van der Waals surface area contributed by atoms with Crippen LogP contribution in [0, 0.1) is 23.2 Å². The molecule has 0 amide bonds. The number of hydrogen-bond acceptors (Lipinski definition) is 25. The van der Waals surface area contributed by atoms with Crippen LogP contribution in [0.1, 0.15) is 117 Å². The van der Waals surface area contributed by atoms with Gasteiger partial charge in [-0.25, -0.2) is 4.98 Å². The fourth-order valence-electron chi connectivity index (χ4n) is 6.56. The number of benzene rings is 2. The highest BCUT2D eigenvalue weighted by Gasteiger charge is 2.20. The topological polar surface area (TPSA) is 786 Å². The first kappa shape index (κ1) is 105. The highest BCUT2D eigenvalue weighted by atomic mass is 32.2. The Balaban J connectivity index is -0.000000255. The second kappa shape index (κ2) is 62.8. The van der Waals surface area contributed by atoms with E-state index in [9.17, 15) is 47.9 Å². The van der Waals surface area contributed by atoms with Gasteiger partial charge in [-0.3, -0.25) is 53.4 Å². The number of carbonyl (C=O) groups is 10. The molecular weight excluding hydrogens is 1370 g/mol. The fraction of sp³-hybridized carbons (Fsp3) is 0.562. The van der Waals surface area contributed by atoms with Crippen LogP contribution in [-0.2, 0) is 67.2 Å². The number of thioether (sulfide) groups is 1. The lowest BCUT2D eigenvalue weighted by Crippen LogP contribution is -2.39. The third kappa shape index (κ3) is 61.4. The summed E-state index contributed by atoms with van der Waals surface area (Å²) < 4.78 is 0. The van der Waals surface area contributed by atoms with Crippen LogP contribution in [0.2, 0.25) is 0 Å². The number of aliphatic hydroxyl groups is 1. The van der Waals surface area contributed by atoms with Gasteiger partial charge in [0.15, 0.2) is 5.96 Å². The molecule has 4 rings (SSSR count). The van der Waals surface area contributed by atoms with E-state index in [0.29, 0.717) is 69.6 Å². The molecule has 38 nitrogen and oxygen atoms in total. The highest BCUT2D eigenvalue weighted by Crippen LogP contribution is 2.19. The van der Waals surface area contributed by atoms with Crippen LogP contribution >= 0.6 is 11.8 Å². The Morgan fingerprint density at radius 2 is 0.951 bits per heavy atom. The number of para-hydroxylation sites is 1. The van der Waals surface area contributed by atoms with Crippen molar-refractivity contribution in [2.45, 2.75) is 186 Å². The van der Waals surface area contributed by atoms with Gasteiger partial charge >= 0.3 is 59.7 Å². The maximum absolute atomic E-state index is 10.6. The summed E-state index contributed by atoms with van der Waals surface area (Å²) in [5.41, 5.74) is 66.0. The van der Waals surface area contributed by atoms with Gasteiger partial charge in [0.05, 0.1) is 18.1 Å². The molecule has 4 aromatic rings. The molecule has 0 saturated heterocycles. The summed E-state index contributed by atoms with van der Waals surface area (Å²) in [7, 11) is 0. The molecule has 0 fully saturated rings. The van der Waals surface area contributed by atoms with Gasteiger partial charge in [0, 0.05) is 42.7 Å². The molecule has 2 heterocycles. The zero-order valence-corrected chi connectivity index (χ0v) is 60.5. The summed E-state index contributed by atoms with van der Waals surface area (Å²) in [6.07, 6.45) is 11.9. The predicted octanol–water partition coefficient (Wildman–Crippen LogP) is -0.810. The smallest absolute Gasteiger partial charge is 0.323 e. The number of aliphatic carboxylic acids is 10. The van der Waals surface area contributed by atoms with Crippen molar-refractivity contribution in [3.05, 3.63) is 90.1 Å². The number of H-pyrrole nitrogens is 2. The SMILES string of the molecule is CC(C)C[C@H](N)C(=O)O.CC(C)[C@H](N)C(=O)O.CC[C@H](C)[C@H](N)C(=O)O.CSCC[C@H](N)C(=O)O.C[C@@H](O)[C@H](N)C(=O)O.N=C(N)NCCC[C@H](N)C(=O)O.NCCCC[C@H](N)C(=O)O.N[C@@H](Cc1c[nH]c2ccccc12)C(=O)O.N[C@@H](Cc1c[nH]cn1)C(=O)O.N[C@@H](Cc1ccccc1)C(=O)O. The molecule has 0 aliphatic heterocycles. The number of aromatic amines is 2. The first-order chi connectivity index (χ1) is 47.7. The van der Waals surface area contributed by atoms with Crippen molar-refractivity contribution in [1.29, 1.82) is 5.41 Å². The minimum absolute atomic E-state index is 0.0208. The molecule has 103 heavy (non-hydrogen) atoms. The Hall–Kier alpha value is -8.97. The van der Waals surface area contributed by atoms with E-state index >= 15 is 0 Å². The Labute approximate surface area is 603 Å². The number of hydrogen-bond donors (Lipinski definition) is 27. The Morgan fingerprint density at radius 3 is 1.29 bits per heavy atom. The number of carboxylic acid groups (broad SMARTS) is 10. The lowest BCUT2D eigenvalue weighted by atomic mass is 10.0. The minimum Gasteiger partial charge on any atom is -0.480 e. The number of carboxylic acids is 10. The van der Waals surface area contributed by atoms with Gasteiger partial charge in [-0.1, -0.05) is 103 Å². The van der Waals surface area contributed by atoms with Gasteiger partial charge in [-0.15, -0.1) is 0 Å². The van der Waals surface area contributed by atoms with E-state index in [1.165, 1.54) is 13.3 Å². The van der Waals surface area contributed by atoms with Crippen LogP contribution in [0.15, 0.2) is 73.3 Å². The number of aromatic nitrogens is 3. The van der Waals surface area contributed by atoms with Gasteiger partial charge < -0.3 is 140 Å². The molecule has 2 aromatic heterocycles. The summed E-state index contributed by atoms with van der Waals surface area (Å²) in [6.45, 7) is 13.6. The summed E-state index contributed by atoms with van der Waals surface area (Å²) in [5.74, 6) is -8.57. The first-order valence-electron chi connectivity index (χ1n) is 32.1. The van der Waals surface area contributed by atoms with Gasteiger partial charge in [0.1, 0.15) is 60.4 Å². The minimum atomic E-state index is -1.18. The number of nitrogens with one attached hydrogen (secondary N) is 4. The van der Waals surface area contributed by atoms with Crippen molar-refractivity contribution >= 4 is 88.3 Å². The summed E-state index contributed by atoms with van der Waals surface area (Å²) >= 11 is 1.60. The second-order valence-electron chi connectivity index (χ2n) is 23.3. The van der Waals surface area contributed by atoms with Crippen molar-refractivity contribution in [2.75, 3.05) is 25.1 Å². The van der Waals surface area contributed by atoms with E-state index in [0.717, 1.165) is 47.0 Å². The molecule has 0 saturated carbocycles. The molecular formula is C64H117N17O21S. The number of nitrogens with zero attached hydrogens (tertiary/aromatic N) is 1. The molecule has 0 bridgehead atoms. The van der Waals surface area contributed by atoms with Crippen LogP contribution in [-0.4, -0.2) is 228 Å². The zero-order chi connectivity index (χ0) is 81.2. The highest BCUT2D eigenvalue weighted by molar-refractivity contribution is 7.98. The van der Waals surface area contributed by atoms with E-state index in [1.807, 2.05) is 94.7 Å². The maximum atomic E-state index is 10.6. The zero-order valence-electron chi connectivity index (χ0n) is 59.7. The lowest BCUT2D eigenvalue weighted by molar-refractivity contribution is -0.141. The van der Waals surface area contributed by atoms with E-state index < -0.39 is 126 Å².